The third-order valence-corrected chi connectivity index (χ3v) is 3.92. The average Bonchev–Trinajstić information content (AvgIpc) is 3.41. The third-order valence-electron chi connectivity index (χ3n) is 3.92. The zero-order valence-electron chi connectivity index (χ0n) is 13.7. The molecule has 1 aromatic carbocycles. The highest BCUT2D eigenvalue weighted by Crippen LogP contribution is 2.21. The van der Waals surface area contributed by atoms with Gasteiger partial charge in [0.15, 0.2) is 5.76 Å². The summed E-state index contributed by atoms with van der Waals surface area (Å²) >= 11 is 0. The van der Waals surface area contributed by atoms with Gasteiger partial charge in [0.1, 0.15) is 0 Å². The van der Waals surface area contributed by atoms with Crippen LogP contribution in [0.15, 0.2) is 70.1 Å². The lowest BCUT2D eigenvalue weighted by atomic mass is 10.1. The van der Waals surface area contributed by atoms with Gasteiger partial charge in [-0.2, -0.15) is 10.1 Å². The molecule has 7 heteroatoms. The topological polar surface area (TPSA) is 81.9 Å². The molecule has 0 saturated heterocycles. The van der Waals surface area contributed by atoms with E-state index < -0.39 is 0 Å². The minimum Gasteiger partial charge on any atom is -0.461 e. The monoisotopic (exact) mass is 335 g/mol. The van der Waals surface area contributed by atoms with E-state index in [2.05, 4.69) is 33.5 Å². The van der Waals surface area contributed by atoms with Crippen LogP contribution in [-0.4, -0.2) is 19.9 Å². The molecule has 0 saturated carbocycles. The highest BCUT2D eigenvalue weighted by atomic mass is 16.5. The van der Waals surface area contributed by atoms with Crippen LogP contribution in [0.5, 0.6) is 0 Å². The molecule has 126 valence electrons. The van der Waals surface area contributed by atoms with E-state index in [0.29, 0.717) is 24.0 Å². The van der Waals surface area contributed by atoms with Gasteiger partial charge in [-0.15, -0.1) is 0 Å². The van der Waals surface area contributed by atoms with Gasteiger partial charge in [-0.3, -0.25) is 0 Å². The Morgan fingerprint density at radius 2 is 2.08 bits per heavy atom. The number of para-hydroxylation sites is 1. The Morgan fingerprint density at radius 3 is 2.88 bits per heavy atom. The van der Waals surface area contributed by atoms with Gasteiger partial charge in [-0.1, -0.05) is 23.4 Å². The van der Waals surface area contributed by atoms with Crippen molar-refractivity contribution in [2.24, 2.45) is 0 Å². The Labute approximate surface area is 144 Å². The lowest BCUT2D eigenvalue weighted by Crippen LogP contribution is -2.20. The van der Waals surface area contributed by atoms with Crippen LogP contribution in [0.1, 0.15) is 24.4 Å². The predicted molar refractivity (Wildman–Crippen MR) is 90.8 cm³/mol. The third kappa shape index (κ3) is 3.22. The number of furan rings is 1. The Balaban J connectivity index is 1.47. The van der Waals surface area contributed by atoms with Crippen LogP contribution in [0.4, 0.5) is 0 Å². The van der Waals surface area contributed by atoms with Gasteiger partial charge >= 0.3 is 0 Å². The number of benzene rings is 1. The van der Waals surface area contributed by atoms with E-state index in [9.17, 15) is 0 Å². The number of hydrogen-bond donors (Lipinski definition) is 1. The van der Waals surface area contributed by atoms with E-state index in [-0.39, 0.29) is 6.04 Å². The lowest BCUT2D eigenvalue weighted by molar-refractivity contribution is 0.359. The summed E-state index contributed by atoms with van der Waals surface area (Å²) in [5.74, 6) is 1.55. The maximum Gasteiger partial charge on any atom is 0.241 e. The summed E-state index contributed by atoms with van der Waals surface area (Å²) in [6.07, 6.45) is 5.28. The van der Waals surface area contributed by atoms with Gasteiger partial charge in [0.05, 0.1) is 18.5 Å². The minimum absolute atomic E-state index is 0.0827. The summed E-state index contributed by atoms with van der Waals surface area (Å²) in [4.78, 5) is 4.34. The van der Waals surface area contributed by atoms with Crippen LogP contribution >= 0.6 is 0 Å². The Morgan fingerprint density at radius 1 is 1.16 bits per heavy atom. The molecular formula is C18H17N5O2. The molecule has 0 unspecified atom stereocenters. The van der Waals surface area contributed by atoms with Crippen molar-refractivity contribution in [3.8, 4) is 17.3 Å². The fraction of sp³-hybridized carbons (Fsp3) is 0.167. The molecule has 3 aromatic heterocycles. The number of nitrogens with one attached hydrogen (secondary N) is 1. The number of aromatic nitrogens is 4. The zero-order chi connectivity index (χ0) is 17.1. The Kier molecular flexibility index (Phi) is 4.14. The minimum atomic E-state index is 0.0827. The van der Waals surface area contributed by atoms with Gasteiger partial charge in [0.25, 0.3) is 0 Å². The normalized spacial score (nSPS) is 12.4. The van der Waals surface area contributed by atoms with Crippen LogP contribution < -0.4 is 5.32 Å². The molecule has 0 aliphatic rings. The summed E-state index contributed by atoms with van der Waals surface area (Å²) in [5.41, 5.74) is 2.17. The highest BCUT2D eigenvalue weighted by Gasteiger charge is 2.14. The first-order valence-electron chi connectivity index (χ1n) is 8.00. The lowest BCUT2D eigenvalue weighted by Gasteiger charge is -2.17. The smallest absolute Gasteiger partial charge is 0.241 e. The molecule has 0 aliphatic carbocycles. The van der Waals surface area contributed by atoms with Gasteiger partial charge in [0, 0.05) is 18.4 Å². The van der Waals surface area contributed by atoms with Crippen molar-refractivity contribution in [1.29, 1.82) is 0 Å². The molecule has 0 bridgehead atoms. The first-order chi connectivity index (χ1) is 12.3. The van der Waals surface area contributed by atoms with E-state index in [4.69, 9.17) is 8.94 Å². The van der Waals surface area contributed by atoms with Gasteiger partial charge < -0.3 is 14.3 Å². The van der Waals surface area contributed by atoms with E-state index in [0.717, 1.165) is 11.3 Å². The Hall–Kier alpha value is -3.19. The first-order valence-corrected chi connectivity index (χ1v) is 8.00. The second kappa shape index (κ2) is 6.74. The fourth-order valence-corrected chi connectivity index (χ4v) is 2.66. The largest absolute Gasteiger partial charge is 0.461 e. The fourth-order valence-electron chi connectivity index (χ4n) is 2.66. The standard InChI is InChI=1S/C18H17N5O2/c1-13(14-6-2-3-7-15(14)23-10-5-9-20-23)19-12-17-21-18(22-25-17)16-8-4-11-24-16/h2-11,13,19H,12H2,1H3/t13-/m0/s1. The summed E-state index contributed by atoms with van der Waals surface area (Å²) in [6.45, 7) is 2.55. The van der Waals surface area contributed by atoms with Crippen molar-refractivity contribution in [2.45, 2.75) is 19.5 Å². The molecule has 0 radical (unpaired) electrons. The van der Waals surface area contributed by atoms with Gasteiger partial charge in [0.2, 0.25) is 11.7 Å². The summed E-state index contributed by atoms with van der Waals surface area (Å²) in [6, 6.07) is 13.7. The van der Waals surface area contributed by atoms with Crippen molar-refractivity contribution in [2.75, 3.05) is 0 Å². The number of nitrogens with zero attached hydrogens (tertiary/aromatic N) is 4. The molecule has 0 amide bonds. The second-order valence-corrected chi connectivity index (χ2v) is 5.60. The number of rotatable bonds is 6. The number of hydrogen-bond acceptors (Lipinski definition) is 6. The molecule has 0 fully saturated rings. The predicted octanol–water partition coefficient (Wildman–Crippen LogP) is 3.37. The maximum absolute atomic E-state index is 5.28. The van der Waals surface area contributed by atoms with E-state index in [1.807, 2.05) is 35.1 Å². The zero-order valence-corrected chi connectivity index (χ0v) is 13.7. The molecular weight excluding hydrogens is 318 g/mol. The van der Waals surface area contributed by atoms with Crippen molar-refractivity contribution in [3.63, 3.8) is 0 Å². The molecule has 1 N–H and O–H groups in total. The van der Waals surface area contributed by atoms with Crippen LogP contribution in [0.2, 0.25) is 0 Å². The SMILES string of the molecule is C[C@H](NCc1nc(-c2ccco2)no1)c1ccccc1-n1cccn1. The summed E-state index contributed by atoms with van der Waals surface area (Å²) in [5, 5.41) is 11.7. The molecule has 4 aromatic rings. The van der Waals surface area contributed by atoms with Crippen LogP contribution in [0, 0.1) is 0 Å². The molecule has 7 nitrogen and oxygen atoms in total. The van der Waals surface area contributed by atoms with Crippen LogP contribution in [0.25, 0.3) is 17.3 Å². The molecule has 1 atom stereocenters. The molecule has 25 heavy (non-hydrogen) atoms. The first kappa shape index (κ1) is 15.3. The summed E-state index contributed by atoms with van der Waals surface area (Å²) < 4.78 is 12.4. The van der Waals surface area contributed by atoms with Crippen molar-refractivity contribution >= 4 is 0 Å². The van der Waals surface area contributed by atoms with Crippen molar-refractivity contribution < 1.29 is 8.94 Å². The Bertz CT molecular complexity index is 928. The van der Waals surface area contributed by atoms with E-state index >= 15 is 0 Å². The van der Waals surface area contributed by atoms with E-state index in [1.165, 1.54) is 0 Å². The maximum atomic E-state index is 5.28. The molecule has 3 heterocycles. The highest BCUT2D eigenvalue weighted by molar-refractivity contribution is 5.44. The average molecular weight is 335 g/mol. The molecule has 4 rings (SSSR count). The van der Waals surface area contributed by atoms with Gasteiger partial charge in [-0.25, -0.2) is 4.68 Å². The van der Waals surface area contributed by atoms with Crippen molar-refractivity contribution in [3.05, 3.63) is 72.6 Å². The van der Waals surface area contributed by atoms with Gasteiger partial charge in [-0.05, 0) is 36.8 Å². The molecule has 0 aliphatic heterocycles. The van der Waals surface area contributed by atoms with Crippen LogP contribution in [0.3, 0.4) is 0 Å². The van der Waals surface area contributed by atoms with Crippen molar-refractivity contribution in [1.82, 2.24) is 25.2 Å². The quantitative estimate of drug-likeness (QED) is 0.582. The van der Waals surface area contributed by atoms with E-state index in [1.54, 1.807) is 24.6 Å². The summed E-state index contributed by atoms with van der Waals surface area (Å²) in [7, 11) is 0. The molecule has 0 spiro atoms. The van der Waals surface area contributed by atoms with Crippen LogP contribution in [-0.2, 0) is 6.54 Å². The second-order valence-electron chi connectivity index (χ2n) is 5.60.